The second kappa shape index (κ2) is 6.48. The Morgan fingerprint density at radius 1 is 1.16 bits per heavy atom. The van der Waals surface area contributed by atoms with Crippen LogP contribution in [0, 0.1) is 18.3 Å². The zero-order valence-corrected chi connectivity index (χ0v) is 17.3. The quantitative estimate of drug-likeness (QED) is 0.473. The van der Waals surface area contributed by atoms with Crippen molar-refractivity contribution in [3.05, 3.63) is 60.2 Å². The maximum absolute atomic E-state index is 11.0. The molecule has 1 aromatic carbocycles. The summed E-state index contributed by atoms with van der Waals surface area (Å²) < 4.78 is 2.04. The minimum Gasteiger partial charge on any atom is -0.390 e. The SMILES string of the molecule is Cc1ncnc2c1ccn2[C@H]1[C@H](O)[C@H](O)[C@@]2(CCc3ccc4ccc(N)nc4c3)C[C@H]12. The van der Waals surface area contributed by atoms with E-state index in [1.165, 1.54) is 5.56 Å². The van der Waals surface area contributed by atoms with Crippen molar-refractivity contribution in [3.63, 3.8) is 0 Å². The summed E-state index contributed by atoms with van der Waals surface area (Å²) in [5, 5.41) is 24.0. The first-order chi connectivity index (χ1) is 15.0. The number of nitrogen functional groups attached to an aromatic ring is 1. The molecule has 7 nitrogen and oxygen atoms in total. The third-order valence-electron chi connectivity index (χ3n) is 7.54. The minimum atomic E-state index is -0.803. The molecule has 0 saturated heterocycles. The van der Waals surface area contributed by atoms with Gasteiger partial charge in [-0.25, -0.2) is 15.0 Å². The van der Waals surface area contributed by atoms with Gasteiger partial charge in [0.2, 0.25) is 0 Å². The summed E-state index contributed by atoms with van der Waals surface area (Å²) in [4.78, 5) is 13.1. The number of aliphatic hydroxyl groups excluding tert-OH is 2. The van der Waals surface area contributed by atoms with Crippen molar-refractivity contribution in [1.29, 1.82) is 0 Å². The number of pyridine rings is 1. The second-order valence-corrected chi connectivity index (χ2v) is 9.15. The molecular weight excluding hydrogens is 390 g/mol. The van der Waals surface area contributed by atoms with Gasteiger partial charge in [0.15, 0.2) is 0 Å². The largest absolute Gasteiger partial charge is 0.390 e. The Kier molecular flexibility index (Phi) is 3.91. The van der Waals surface area contributed by atoms with Gasteiger partial charge >= 0.3 is 0 Å². The van der Waals surface area contributed by atoms with Crippen LogP contribution < -0.4 is 5.73 Å². The molecule has 0 aliphatic heterocycles. The van der Waals surface area contributed by atoms with Crippen molar-refractivity contribution in [2.45, 2.75) is 44.4 Å². The predicted octanol–water partition coefficient (Wildman–Crippen LogP) is 2.79. The Balaban J connectivity index is 1.27. The number of nitrogens with two attached hydrogens (primary N) is 1. The van der Waals surface area contributed by atoms with Crippen LogP contribution in [0.5, 0.6) is 0 Å². The molecule has 6 rings (SSSR count). The molecule has 5 atom stereocenters. The van der Waals surface area contributed by atoms with E-state index in [0.29, 0.717) is 5.82 Å². The molecule has 2 aliphatic rings. The molecular formula is C24H25N5O2. The summed E-state index contributed by atoms with van der Waals surface area (Å²) in [5.41, 5.74) is 9.39. The molecule has 31 heavy (non-hydrogen) atoms. The lowest BCUT2D eigenvalue weighted by molar-refractivity contribution is -0.0191. The molecule has 0 spiro atoms. The van der Waals surface area contributed by atoms with Crippen molar-refractivity contribution >= 4 is 27.8 Å². The van der Waals surface area contributed by atoms with Gasteiger partial charge in [0.05, 0.1) is 23.4 Å². The topological polar surface area (TPSA) is 110 Å². The third-order valence-corrected chi connectivity index (χ3v) is 7.54. The van der Waals surface area contributed by atoms with Gasteiger partial charge in [0, 0.05) is 22.4 Å². The fourth-order valence-electron chi connectivity index (χ4n) is 5.76. The molecule has 3 heterocycles. The number of aliphatic hydroxyl groups is 2. The van der Waals surface area contributed by atoms with Crippen LogP contribution in [0.1, 0.15) is 30.1 Å². The summed E-state index contributed by atoms with van der Waals surface area (Å²) in [5.74, 6) is 0.748. The van der Waals surface area contributed by atoms with Gasteiger partial charge in [-0.2, -0.15) is 0 Å². The van der Waals surface area contributed by atoms with E-state index in [0.717, 1.165) is 46.9 Å². The number of hydrogen-bond acceptors (Lipinski definition) is 6. The highest BCUT2D eigenvalue weighted by atomic mass is 16.3. The van der Waals surface area contributed by atoms with Crippen molar-refractivity contribution in [3.8, 4) is 0 Å². The van der Waals surface area contributed by atoms with Crippen molar-refractivity contribution in [1.82, 2.24) is 19.5 Å². The lowest BCUT2D eigenvalue weighted by atomic mass is 9.91. The van der Waals surface area contributed by atoms with E-state index >= 15 is 0 Å². The maximum atomic E-state index is 11.0. The van der Waals surface area contributed by atoms with Crippen LogP contribution in [-0.4, -0.2) is 41.9 Å². The van der Waals surface area contributed by atoms with Gasteiger partial charge in [-0.05, 0) is 61.9 Å². The highest BCUT2D eigenvalue weighted by molar-refractivity contribution is 5.80. The smallest absolute Gasteiger partial charge is 0.143 e. The standard InChI is InChI=1S/C24H25N5O2/c1-13-16-7-9-29(23(16)27-12-26-13)20-17-11-24(17,22(31)21(20)30)8-6-14-2-3-15-4-5-19(25)28-18(15)10-14/h2-5,7,9-10,12,17,20-22,30-31H,6,8,11H2,1H3,(H2,25,28)/t17-,20-,21+,22+,24+/m1/s1. The fraction of sp³-hybridized carbons (Fsp3) is 0.375. The van der Waals surface area contributed by atoms with Crippen molar-refractivity contribution in [2.24, 2.45) is 11.3 Å². The van der Waals surface area contributed by atoms with Crippen molar-refractivity contribution < 1.29 is 10.2 Å². The number of hydrogen-bond donors (Lipinski definition) is 3. The number of nitrogens with zero attached hydrogens (tertiary/aromatic N) is 4. The lowest BCUT2D eigenvalue weighted by Gasteiger charge is -2.24. The van der Waals surface area contributed by atoms with Crippen molar-refractivity contribution in [2.75, 3.05) is 5.73 Å². The van der Waals surface area contributed by atoms with Gasteiger partial charge in [0.25, 0.3) is 0 Å². The zero-order valence-electron chi connectivity index (χ0n) is 17.3. The second-order valence-electron chi connectivity index (χ2n) is 9.15. The van der Waals surface area contributed by atoms with E-state index in [2.05, 4.69) is 33.2 Å². The van der Waals surface area contributed by atoms with Crippen LogP contribution >= 0.6 is 0 Å². The molecule has 158 valence electrons. The Hall–Kier alpha value is -3.03. The number of rotatable bonds is 4. The molecule has 0 amide bonds. The van der Waals surface area contributed by atoms with Crippen LogP contribution in [0.4, 0.5) is 5.82 Å². The van der Waals surface area contributed by atoms with Crippen LogP contribution in [0.3, 0.4) is 0 Å². The average Bonchev–Trinajstić information content (AvgIpc) is 3.25. The molecule has 0 radical (unpaired) electrons. The van der Waals surface area contributed by atoms with Gasteiger partial charge in [0.1, 0.15) is 23.9 Å². The molecule has 0 unspecified atom stereocenters. The Labute approximate surface area is 179 Å². The van der Waals surface area contributed by atoms with E-state index < -0.39 is 12.2 Å². The number of benzene rings is 1. The predicted molar refractivity (Wildman–Crippen MR) is 118 cm³/mol. The summed E-state index contributed by atoms with van der Waals surface area (Å²) in [6.45, 7) is 1.96. The molecule has 2 fully saturated rings. The Morgan fingerprint density at radius 2 is 2.00 bits per heavy atom. The van der Waals surface area contributed by atoms with Gasteiger partial charge in [-0.3, -0.25) is 0 Å². The van der Waals surface area contributed by atoms with E-state index in [9.17, 15) is 10.2 Å². The molecule has 4 aromatic rings. The van der Waals surface area contributed by atoms with Gasteiger partial charge in [-0.1, -0.05) is 12.1 Å². The average molecular weight is 415 g/mol. The first-order valence-electron chi connectivity index (χ1n) is 10.8. The van der Waals surface area contributed by atoms with Crippen LogP contribution in [0.2, 0.25) is 0 Å². The van der Waals surface area contributed by atoms with Crippen LogP contribution in [-0.2, 0) is 6.42 Å². The first-order valence-corrected chi connectivity index (χ1v) is 10.8. The number of fused-ring (bicyclic) bond motifs is 3. The van der Waals surface area contributed by atoms with E-state index in [-0.39, 0.29) is 17.4 Å². The molecule has 0 bridgehead atoms. The van der Waals surface area contributed by atoms with Crippen LogP contribution in [0.15, 0.2) is 48.9 Å². The number of anilines is 1. The number of aromatic nitrogens is 4. The maximum Gasteiger partial charge on any atom is 0.143 e. The zero-order chi connectivity index (χ0) is 21.3. The summed E-state index contributed by atoms with van der Waals surface area (Å²) in [7, 11) is 0. The Morgan fingerprint density at radius 3 is 2.87 bits per heavy atom. The lowest BCUT2D eigenvalue weighted by Crippen LogP contribution is -2.34. The molecule has 2 saturated carbocycles. The van der Waals surface area contributed by atoms with Gasteiger partial charge < -0.3 is 20.5 Å². The summed E-state index contributed by atoms with van der Waals surface area (Å²) in [6, 6.07) is 11.9. The highest BCUT2D eigenvalue weighted by Gasteiger charge is 2.70. The number of aryl methyl sites for hydroxylation is 2. The first kappa shape index (κ1) is 18.7. The molecule has 2 aliphatic carbocycles. The third kappa shape index (κ3) is 2.70. The monoisotopic (exact) mass is 415 g/mol. The van der Waals surface area contributed by atoms with E-state index in [1.54, 1.807) is 6.33 Å². The molecule has 7 heteroatoms. The van der Waals surface area contributed by atoms with E-state index in [1.807, 2.05) is 35.9 Å². The van der Waals surface area contributed by atoms with Crippen LogP contribution in [0.25, 0.3) is 21.9 Å². The molecule has 4 N–H and O–H groups in total. The van der Waals surface area contributed by atoms with E-state index in [4.69, 9.17) is 5.73 Å². The normalized spacial score (nSPS) is 29.5. The minimum absolute atomic E-state index is 0.167. The summed E-state index contributed by atoms with van der Waals surface area (Å²) in [6.07, 6.45) is 4.56. The highest BCUT2D eigenvalue weighted by Crippen LogP contribution is 2.69. The summed E-state index contributed by atoms with van der Waals surface area (Å²) >= 11 is 0. The molecule has 3 aromatic heterocycles. The fourth-order valence-corrected chi connectivity index (χ4v) is 5.76. The Bertz CT molecular complexity index is 1320. The van der Waals surface area contributed by atoms with Gasteiger partial charge in [-0.15, -0.1) is 0 Å².